The van der Waals surface area contributed by atoms with E-state index < -0.39 is 0 Å². The van der Waals surface area contributed by atoms with Crippen LogP contribution in [0, 0.1) is 6.92 Å². The summed E-state index contributed by atoms with van der Waals surface area (Å²) in [6.45, 7) is 2.95. The van der Waals surface area contributed by atoms with Crippen molar-refractivity contribution in [1.82, 2.24) is 14.9 Å². The van der Waals surface area contributed by atoms with Crippen LogP contribution in [-0.2, 0) is 13.1 Å². The second-order valence-corrected chi connectivity index (χ2v) is 4.88. The molecule has 0 bridgehead atoms. The topological polar surface area (TPSA) is 69.9 Å². The second kappa shape index (κ2) is 4.68. The van der Waals surface area contributed by atoms with Crippen LogP contribution < -0.4 is 5.73 Å². The average Bonchev–Trinajstić information content (AvgIpc) is 2.95. The number of rotatable bonds is 3. The van der Waals surface area contributed by atoms with Gasteiger partial charge in [0, 0.05) is 23.2 Å². The van der Waals surface area contributed by atoms with Crippen LogP contribution in [0.25, 0.3) is 10.9 Å². The first-order valence-corrected chi connectivity index (χ1v) is 6.32. The molecule has 2 N–H and O–H groups in total. The maximum absolute atomic E-state index is 6.07. The molecule has 0 amide bonds. The Bertz CT molecular complexity index is 731. The Morgan fingerprint density at radius 2 is 2.21 bits per heavy atom. The highest BCUT2D eigenvalue weighted by Crippen LogP contribution is 2.25. The highest BCUT2D eigenvalue weighted by molar-refractivity contribution is 6.31. The third-order valence-electron chi connectivity index (χ3n) is 3.21. The van der Waals surface area contributed by atoms with Gasteiger partial charge >= 0.3 is 0 Å². The first-order valence-electron chi connectivity index (χ1n) is 5.94. The van der Waals surface area contributed by atoms with E-state index in [0.29, 0.717) is 18.1 Å². The SMILES string of the molecule is Cc1nonc1Cn1cc(CN)c2ccc(Cl)cc21. The zero-order valence-corrected chi connectivity index (χ0v) is 11.2. The summed E-state index contributed by atoms with van der Waals surface area (Å²) < 4.78 is 6.79. The van der Waals surface area contributed by atoms with Gasteiger partial charge in [0.25, 0.3) is 0 Å². The first-order chi connectivity index (χ1) is 9.19. The Labute approximate surface area is 114 Å². The molecule has 0 atom stereocenters. The third-order valence-corrected chi connectivity index (χ3v) is 3.45. The van der Waals surface area contributed by atoms with E-state index >= 15 is 0 Å². The molecule has 0 radical (unpaired) electrons. The Morgan fingerprint density at radius 3 is 2.89 bits per heavy atom. The van der Waals surface area contributed by atoms with E-state index in [9.17, 15) is 0 Å². The van der Waals surface area contributed by atoms with E-state index in [-0.39, 0.29) is 0 Å². The molecule has 3 rings (SSSR count). The largest absolute Gasteiger partial charge is 0.341 e. The Morgan fingerprint density at radius 1 is 1.37 bits per heavy atom. The zero-order valence-electron chi connectivity index (χ0n) is 10.4. The Balaban J connectivity index is 2.12. The van der Waals surface area contributed by atoms with Crippen LogP contribution in [0.15, 0.2) is 29.0 Å². The highest BCUT2D eigenvalue weighted by Gasteiger charge is 2.11. The average molecular weight is 277 g/mol. The van der Waals surface area contributed by atoms with Crippen LogP contribution in [0.2, 0.25) is 5.02 Å². The molecule has 0 unspecified atom stereocenters. The monoisotopic (exact) mass is 276 g/mol. The molecule has 0 aliphatic carbocycles. The minimum absolute atomic E-state index is 0.487. The molecule has 0 saturated heterocycles. The zero-order chi connectivity index (χ0) is 13.4. The number of hydrogen-bond acceptors (Lipinski definition) is 4. The molecule has 3 aromatic rings. The van der Waals surface area contributed by atoms with Crippen LogP contribution in [-0.4, -0.2) is 14.9 Å². The first kappa shape index (κ1) is 12.2. The van der Waals surface area contributed by atoms with Gasteiger partial charge in [-0.2, -0.15) is 0 Å². The second-order valence-electron chi connectivity index (χ2n) is 4.44. The standard InChI is InChI=1S/C13H13ClN4O/c1-8-12(17-19-16-8)7-18-6-9(5-15)11-3-2-10(14)4-13(11)18/h2-4,6H,5,7,15H2,1H3. The predicted molar refractivity (Wildman–Crippen MR) is 73.0 cm³/mol. The summed E-state index contributed by atoms with van der Waals surface area (Å²) in [7, 11) is 0. The summed E-state index contributed by atoms with van der Waals surface area (Å²) >= 11 is 6.07. The molecule has 0 saturated carbocycles. The molecular formula is C13H13ClN4O. The Hall–Kier alpha value is -1.85. The molecule has 5 nitrogen and oxygen atoms in total. The molecule has 19 heavy (non-hydrogen) atoms. The van der Waals surface area contributed by atoms with E-state index in [4.69, 9.17) is 22.0 Å². The molecule has 6 heteroatoms. The van der Waals surface area contributed by atoms with Gasteiger partial charge in [0.15, 0.2) is 0 Å². The lowest BCUT2D eigenvalue weighted by atomic mass is 10.2. The Kier molecular flexibility index (Phi) is 3.00. The smallest absolute Gasteiger partial charge is 0.127 e. The van der Waals surface area contributed by atoms with Gasteiger partial charge in [-0.05, 0) is 24.6 Å². The minimum atomic E-state index is 0.487. The van der Waals surface area contributed by atoms with Gasteiger partial charge in [-0.15, -0.1) is 0 Å². The summed E-state index contributed by atoms with van der Waals surface area (Å²) in [5.41, 5.74) is 9.50. The highest BCUT2D eigenvalue weighted by atomic mass is 35.5. The fourth-order valence-corrected chi connectivity index (χ4v) is 2.36. The summed E-state index contributed by atoms with van der Waals surface area (Å²) in [5, 5.41) is 9.50. The number of nitrogens with zero attached hydrogens (tertiary/aromatic N) is 3. The molecule has 2 heterocycles. The number of fused-ring (bicyclic) bond motifs is 1. The van der Waals surface area contributed by atoms with Crippen molar-refractivity contribution in [2.24, 2.45) is 5.73 Å². The summed E-state index contributed by atoms with van der Waals surface area (Å²) in [5.74, 6) is 0. The molecule has 0 aliphatic heterocycles. The molecular weight excluding hydrogens is 264 g/mol. The van der Waals surface area contributed by atoms with Crippen molar-refractivity contribution in [3.63, 3.8) is 0 Å². The number of aryl methyl sites for hydroxylation is 1. The van der Waals surface area contributed by atoms with E-state index in [1.807, 2.05) is 31.3 Å². The van der Waals surface area contributed by atoms with Crippen LogP contribution in [0.4, 0.5) is 0 Å². The lowest BCUT2D eigenvalue weighted by molar-refractivity contribution is 0.300. The molecule has 2 aromatic heterocycles. The number of benzene rings is 1. The van der Waals surface area contributed by atoms with Gasteiger partial charge in [-0.3, -0.25) is 0 Å². The molecule has 0 aliphatic rings. The van der Waals surface area contributed by atoms with E-state index in [0.717, 1.165) is 27.9 Å². The maximum atomic E-state index is 6.07. The number of nitrogens with two attached hydrogens (primary N) is 1. The quantitative estimate of drug-likeness (QED) is 0.798. The van der Waals surface area contributed by atoms with Crippen molar-refractivity contribution in [1.29, 1.82) is 0 Å². The van der Waals surface area contributed by atoms with Crippen molar-refractivity contribution in [2.75, 3.05) is 0 Å². The molecule has 0 fully saturated rings. The van der Waals surface area contributed by atoms with Gasteiger partial charge in [0.1, 0.15) is 11.4 Å². The van der Waals surface area contributed by atoms with Crippen LogP contribution >= 0.6 is 11.6 Å². The summed E-state index contributed by atoms with van der Waals surface area (Å²) in [6, 6.07) is 5.79. The summed E-state index contributed by atoms with van der Waals surface area (Å²) in [4.78, 5) is 0. The van der Waals surface area contributed by atoms with Crippen LogP contribution in [0.3, 0.4) is 0 Å². The van der Waals surface area contributed by atoms with E-state index in [2.05, 4.69) is 14.9 Å². The number of aromatic nitrogens is 3. The van der Waals surface area contributed by atoms with Crippen molar-refractivity contribution in [3.8, 4) is 0 Å². The minimum Gasteiger partial charge on any atom is -0.341 e. The molecule has 1 aromatic carbocycles. The van der Waals surface area contributed by atoms with Gasteiger partial charge in [-0.25, -0.2) is 4.63 Å². The van der Waals surface area contributed by atoms with Crippen LogP contribution in [0.1, 0.15) is 17.0 Å². The molecule has 0 spiro atoms. The summed E-state index contributed by atoms with van der Waals surface area (Å²) in [6.07, 6.45) is 2.02. The van der Waals surface area contributed by atoms with Gasteiger partial charge in [0.2, 0.25) is 0 Å². The van der Waals surface area contributed by atoms with Gasteiger partial charge in [-0.1, -0.05) is 28.0 Å². The fraction of sp³-hybridized carbons (Fsp3) is 0.231. The van der Waals surface area contributed by atoms with Crippen molar-refractivity contribution < 1.29 is 4.63 Å². The third kappa shape index (κ3) is 2.11. The van der Waals surface area contributed by atoms with Crippen molar-refractivity contribution in [2.45, 2.75) is 20.0 Å². The number of halogens is 1. The van der Waals surface area contributed by atoms with Crippen LogP contribution in [0.5, 0.6) is 0 Å². The van der Waals surface area contributed by atoms with Crippen molar-refractivity contribution >= 4 is 22.5 Å². The normalized spacial score (nSPS) is 11.3. The predicted octanol–water partition coefficient (Wildman–Crippen LogP) is 2.49. The van der Waals surface area contributed by atoms with E-state index in [1.165, 1.54) is 0 Å². The molecule has 98 valence electrons. The van der Waals surface area contributed by atoms with Gasteiger partial charge < -0.3 is 10.3 Å². The van der Waals surface area contributed by atoms with Gasteiger partial charge in [0.05, 0.1) is 12.1 Å². The lowest BCUT2D eigenvalue weighted by Crippen LogP contribution is -2.00. The maximum Gasteiger partial charge on any atom is 0.127 e. The van der Waals surface area contributed by atoms with Crippen molar-refractivity contribution in [3.05, 3.63) is 46.4 Å². The van der Waals surface area contributed by atoms with E-state index in [1.54, 1.807) is 0 Å². The number of hydrogen-bond donors (Lipinski definition) is 1. The fourth-order valence-electron chi connectivity index (χ4n) is 2.19. The lowest BCUT2D eigenvalue weighted by Gasteiger charge is -2.02.